The standard InChI is InChI=1S/C23H19ClN4O3S2/c1-12-8-18(29)22(23(30)25-11-15-13(2)26-31-27-15)17-10-21(19-4-3-7-32-19)33-20-9-14(24)5-6-16(20)28(12)17/h3-9,21H,10-11H2,1-2H3,(H,25,30). The molecule has 4 aromatic rings. The minimum atomic E-state index is -0.446. The van der Waals surface area contributed by atoms with E-state index in [1.807, 2.05) is 41.1 Å². The molecule has 0 spiro atoms. The van der Waals surface area contributed by atoms with Gasteiger partial charge in [-0.2, -0.15) is 0 Å². The molecule has 4 heterocycles. The molecule has 168 valence electrons. The molecule has 1 aliphatic heterocycles. The van der Waals surface area contributed by atoms with Gasteiger partial charge in [0.25, 0.3) is 5.91 Å². The Morgan fingerprint density at radius 2 is 2.12 bits per heavy atom. The maximum atomic E-state index is 13.3. The van der Waals surface area contributed by atoms with Crippen LogP contribution in [0.1, 0.15) is 43.3 Å². The second-order valence-electron chi connectivity index (χ2n) is 7.72. The van der Waals surface area contributed by atoms with Crippen LogP contribution in [0.2, 0.25) is 5.02 Å². The van der Waals surface area contributed by atoms with E-state index in [1.165, 1.54) is 10.9 Å². The minimum absolute atomic E-state index is 0.0331. The topological polar surface area (TPSA) is 90.0 Å². The molecule has 3 aromatic heterocycles. The van der Waals surface area contributed by atoms with Crippen LogP contribution in [0.3, 0.4) is 0 Å². The Kier molecular flexibility index (Phi) is 5.86. The lowest BCUT2D eigenvalue weighted by Crippen LogP contribution is -2.32. The largest absolute Gasteiger partial charge is 0.346 e. The first kappa shape index (κ1) is 21.9. The number of aryl methyl sites for hydroxylation is 2. The second kappa shape index (κ2) is 8.81. The molecular formula is C23H19ClN4O3S2. The number of nitrogens with one attached hydrogen (secondary N) is 1. The zero-order valence-electron chi connectivity index (χ0n) is 17.8. The molecule has 1 aromatic carbocycles. The predicted octanol–water partition coefficient (Wildman–Crippen LogP) is 4.87. The molecule has 1 unspecified atom stereocenters. The average molecular weight is 499 g/mol. The Morgan fingerprint density at radius 1 is 1.27 bits per heavy atom. The summed E-state index contributed by atoms with van der Waals surface area (Å²) in [5.41, 5.74) is 3.29. The van der Waals surface area contributed by atoms with E-state index in [1.54, 1.807) is 30.0 Å². The van der Waals surface area contributed by atoms with Gasteiger partial charge in [0.2, 0.25) is 0 Å². The number of carbonyl (C=O) groups is 1. The number of fused-ring (bicyclic) bond motifs is 3. The van der Waals surface area contributed by atoms with Crippen molar-refractivity contribution in [3.8, 4) is 5.69 Å². The fourth-order valence-corrected chi connectivity index (χ4v) is 6.47. The molecular weight excluding hydrogens is 480 g/mol. The maximum Gasteiger partial charge on any atom is 0.257 e. The lowest BCUT2D eigenvalue weighted by molar-refractivity contribution is 0.0947. The van der Waals surface area contributed by atoms with Gasteiger partial charge < -0.3 is 9.88 Å². The van der Waals surface area contributed by atoms with Crippen LogP contribution in [-0.2, 0) is 13.0 Å². The highest BCUT2D eigenvalue weighted by molar-refractivity contribution is 7.99. The number of amides is 1. The molecule has 33 heavy (non-hydrogen) atoms. The number of halogens is 1. The zero-order chi connectivity index (χ0) is 23.1. The van der Waals surface area contributed by atoms with Crippen LogP contribution in [0, 0.1) is 13.8 Å². The average Bonchev–Trinajstić information content (AvgIpc) is 3.41. The van der Waals surface area contributed by atoms with Crippen molar-refractivity contribution in [2.75, 3.05) is 0 Å². The second-order valence-corrected chi connectivity index (χ2v) is 10.4. The van der Waals surface area contributed by atoms with E-state index in [0.717, 1.165) is 16.3 Å². The number of rotatable bonds is 4. The van der Waals surface area contributed by atoms with E-state index in [2.05, 4.69) is 21.7 Å². The Morgan fingerprint density at radius 3 is 2.85 bits per heavy atom. The van der Waals surface area contributed by atoms with Crippen LogP contribution in [-0.4, -0.2) is 20.8 Å². The number of hydrogen-bond donors (Lipinski definition) is 1. The van der Waals surface area contributed by atoms with Gasteiger partial charge in [0, 0.05) is 43.9 Å². The number of aromatic nitrogens is 3. The van der Waals surface area contributed by atoms with Gasteiger partial charge in [-0.1, -0.05) is 28.0 Å². The molecule has 1 N–H and O–H groups in total. The Balaban J connectivity index is 1.65. The normalized spacial score (nSPS) is 14.9. The first-order valence-electron chi connectivity index (χ1n) is 10.2. The quantitative estimate of drug-likeness (QED) is 0.431. The van der Waals surface area contributed by atoms with Gasteiger partial charge >= 0.3 is 0 Å². The summed E-state index contributed by atoms with van der Waals surface area (Å²) < 4.78 is 6.71. The van der Waals surface area contributed by atoms with Crippen LogP contribution < -0.4 is 10.7 Å². The fourth-order valence-electron chi connectivity index (χ4n) is 4.00. The SMILES string of the molecule is Cc1nonc1CNC(=O)c1c2n(c(C)cc1=O)-c1ccc(Cl)cc1SC(c1cccs1)C2. The van der Waals surface area contributed by atoms with E-state index in [4.69, 9.17) is 16.2 Å². The zero-order valence-corrected chi connectivity index (χ0v) is 20.2. The summed E-state index contributed by atoms with van der Waals surface area (Å²) >= 11 is 9.68. The Bertz CT molecular complexity index is 1410. The maximum absolute atomic E-state index is 13.3. The molecule has 0 aliphatic carbocycles. The van der Waals surface area contributed by atoms with Crippen molar-refractivity contribution in [3.63, 3.8) is 0 Å². The number of benzene rings is 1. The summed E-state index contributed by atoms with van der Waals surface area (Å²) in [4.78, 5) is 28.6. The summed E-state index contributed by atoms with van der Waals surface area (Å²) in [6, 6.07) is 11.3. The van der Waals surface area contributed by atoms with E-state index in [9.17, 15) is 9.59 Å². The van der Waals surface area contributed by atoms with Gasteiger partial charge in [-0.05, 0) is 43.5 Å². The van der Waals surface area contributed by atoms with Crippen LogP contribution in [0.5, 0.6) is 0 Å². The molecule has 1 amide bonds. The van der Waals surface area contributed by atoms with Crippen LogP contribution in [0.4, 0.5) is 0 Å². The van der Waals surface area contributed by atoms with Gasteiger partial charge in [0.1, 0.15) is 17.0 Å². The van der Waals surface area contributed by atoms with Crippen molar-refractivity contribution in [1.82, 2.24) is 20.2 Å². The lowest BCUT2D eigenvalue weighted by Gasteiger charge is -2.19. The van der Waals surface area contributed by atoms with E-state index >= 15 is 0 Å². The van der Waals surface area contributed by atoms with Crippen molar-refractivity contribution >= 4 is 40.6 Å². The molecule has 1 atom stereocenters. The van der Waals surface area contributed by atoms with Crippen molar-refractivity contribution < 1.29 is 9.42 Å². The third-order valence-electron chi connectivity index (χ3n) is 5.56. The number of thioether (sulfide) groups is 1. The van der Waals surface area contributed by atoms with Crippen LogP contribution >= 0.6 is 34.7 Å². The third-order valence-corrected chi connectivity index (χ3v) is 8.22. The lowest BCUT2D eigenvalue weighted by atomic mass is 10.0. The van der Waals surface area contributed by atoms with E-state index < -0.39 is 5.91 Å². The van der Waals surface area contributed by atoms with Crippen molar-refractivity contribution in [1.29, 1.82) is 0 Å². The van der Waals surface area contributed by atoms with Crippen LogP contribution in [0.15, 0.2) is 56.1 Å². The summed E-state index contributed by atoms with van der Waals surface area (Å²) in [5, 5.41) is 13.1. The number of hydrogen-bond acceptors (Lipinski definition) is 7. The highest BCUT2D eigenvalue weighted by atomic mass is 35.5. The van der Waals surface area contributed by atoms with Gasteiger partial charge in [0.15, 0.2) is 5.43 Å². The summed E-state index contributed by atoms with van der Waals surface area (Å²) in [6.45, 7) is 3.75. The molecule has 0 bridgehead atoms. The monoisotopic (exact) mass is 498 g/mol. The Hall–Kier alpha value is -2.88. The molecule has 10 heteroatoms. The van der Waals surface area contributed by atoms with Gasteiger partial charge in [0.05, 0.1) is 12.2 Å². The van der Waals surface area contributed by atoms with E-state index in [-0.39, 0.29) is 22.8 Å². The summed E-state index contributed by atoms with van der Waals surface area (Å²) in [5.74, 6) is -0.446. The summed E-state index contributed by atoms with van der Waals surface area (Å²) in [7, 11) is 0. The molecule has 5 rings (SSSR count). The highest BCUT2D eigenvalue weighted by Gasteiger charge is 2.29. The molecule has 0 fully saturated rings. The van der Waals surface area contributed by atoms with Crippen molar-refractivity contribution in [3.05, 3.63) is 90.2 Å². The van der Waals surface area contributed by atoms with Crippen molar-refractivity contribution in [2.24, 2.45) is 0 Å². The first-order chi connectivity index (χ1) is 15.9. The molecule has 0 radical (unpaired) electrons. The Labute approximate surface area is 202 Å². The summed E-state index contributed by atoms with van der Waals surface area (Å²) in [6.07, 6.45) is 0.516. The highest BCUT2D eigenvalue weighted by Crippen LogP contribution is 2.46. The first-order valence-corrected chi connectivity index (χ1v) is 12.4. The molecule has 7 nitrogen and oxygen atoms in total. The van der Waals surface area contributed by atoms with Gasteiger partial charge in [-0.25, -0.2) is 4.63 Å². The number of nitrogens with zero attached hydrogens (tertiary/aromatic N) is 3. The molecule has 0 saturated carbocycles. The smallest absolute Gasteiger partial charge is 0.257 e. The van der Waals surface area contributed by atoms with Crippen LogP contribution in [0.25, 0.3) is 5.69 Å². The predicted molar refractivity (Wildman–Crippen MR) is 129 cm³/mol. The van der Waals surface area contributed by atoms with Gasteiger partial charge in [-0.15, -0.1) is 23.1 Å². The number of carbonyl (C=O) groups excluding carboxylic acids is 1. The molecule has 1 aliphatic rings. The third kappa shape index (κ3) is 4.12. The number of pyridine rings is 1. The molecule has 0 saturated heterocycles. The van der Waals surface area contributed by atoms with E-state index in [0.29, 0.717) is 28.5 Å². The van der Waals surface area contributed by atoms with Gasteiger partial charge in [-0.3, -0.25) is 9.59 Å². The number of thiophene rings is 1. The fraction of sp³-hybridized carbons (Fsp3) is 0.217. The van der Waals surface area contributed by atoms with Crippen molar-refractivity contribution in [2.45, 2.75) is 37.0 Å². The minimum Gasteiger partial charge on any atom is -0.346 e.